The van der Waals surface area contributed by atoms with Gasteiger partial charge in [-0.3, -0.25) is 4.79 Å². The van der Waals surface area contributed by atoms with E-state index in [1.54, 1.807) is 0 Å². The topological polar surface area (TPSA) is 66.8 Å². The van der Waals surface area contributed by atoms with Crippen molar-refractivity contribution in [3.63, 3.8) is 0 Å². The average Bonchev–Trinajstić information content (AvgIpc) is 2.64. The van der Waals surface area contributed by atoms with Gasteiger partial charge in [0.05, 0.1) is 19.1 Å². The highest BCUT2D eigenvalue weighted by Crippen LogP contribution is 2.39. The normalized spacial score (nSPS) is 28.8. The van der Waals surface area contributed by atoms with Crippen molar-refractivity contribution >= 4 is 5.97 Å². The Morgan fingerprint density at radius 1 is 1.38 bits per heavy atom. The fourth-order valence-corrected chi connectivity index (χ4v) is 3.44. The minimum absolute atomic E-state index is 0.137. The number of hydrogen-bond acceptors (Lipinski definition) is 4. The monoisotopic (exact) mass is 332 g/mol. The predicted octanol–water partition coefficient (Wildman–Crippen LogP) is 3.08. The molecule has 0 aromatic rings. The number of aliphatic hydroxyl groups excluding tert-OH is 2. The Morgan fingerprint density at radius 3 is 2.83 bits per heavy atom. The SMILES string of the molecule is C=C1CC/C=C(\C)CC[C@@H]2/C(=C\CC=C(CO)CO)COC(=O)[C@@H]12. The van der Waals surface area contributed by atoms with Crippen LogP contribution in [0.15, 0.2) is 47.1 Å². The van der Waals surface area contributed by atoms with Crippen LogP contribution in [0.1, 0.15) is 39.0 Å². The second kappa shape index (κ2) is 9.00. The number of hydrogen-bond donors (Lipinski definition) is 2. The fraction of sp³-hybridized carbons (Fsp3) is 0.550. The van der Waals surface area contributed by atoms with Gasteiger partial charge in [0.2, 0.25) is 0 Å². The molecule has 1 saturated heterocycles. The largest absolute Gasteiger partial charge is 0.461 e. The molecule has 2 aliphatic rings. The van der Waals surface area contributed by atoms with Crippen LogP contribution < -0.4 is 0 Å². The summed E-state index contributed by atoms with van der Waals surface area (Å²) in [5.41, 5.74) is 4.06. The number of carbonyl (C=O) groups excluding carboxylic acids is 1. The van der Waals surface area contributed by atoms with E-state index in [9.17, 15) is 4.79 Å². The highest BCUT2D eigenvalue weighted by Gasteiger charge is 2.38. The summed E-state index contributed by atoms with van der Waals surface area (Å²) in [7, 11) is 0. The quantitative estimate of drug-likeness (QED) is 0.613. The zero-order valence-corrected chi connectivity index (χ0v) is 14.5. The molecular formula is C20H28O4. The predicted molar refractivity (Wildman–Crippen MR) is 94.3 cm³/mol. The van der Waals surface area contributed by atoms with E-state index < -0.39 is 0 Å². The lowest BCUT2D eigenvalue weighted by Gasteiger charge is -2.33. The number of aliphatic hydroxyl groups is 2. The molecule has 0 radical (unpaired) electrons. The summed E-state index contributed by atoms with van der Waals surface area (Å²) in [5, 5.41) is 18.2. The lowest BCUT2D eigenvalue weighted by atomic mass is 9.76. The maximum Gasteiger partial charge on any atom is 0.313 e. The van der Waals surface area contributed by atoms with Gasteiger partial charge >= 0.3 is 5.97 Å². The molecule has 2 rings (SSSR count). The molecule has 0 spiro atoms. The molecule has 24 heavy (non-hydrogen) atoms. The third-order valence-corrected chi connectivity index (χ3v) is 4.95. The number of cyclic esters (lactones) is 1. The number of esters is 1. The molecule has 0 bridgehead atoms. The van der Waals surface area contributed by atoms with Gasteiger partial charge in [-0.1, -0.05) is 36.0 Å². The Balaban J connectivity index is 2.22. The minimum atomic E-state index is -0.247. The van der Waals surface area contributed by atoms with Crippen LogP contribution in [0, 0.1) is 11.8 Å². The summed E-state index contributed by atoms with van der Waals surface area (Å²) in [6, 6.07) is 0. The van der Waals surface area contributed by atoms with E-state index in [4.69, 9.17) is 14.9 Å². The van der Waals surface area contributed by atoms with Crippen molar-refractivity contribution in [2.45, 2.75) is 39.0 Å². The maximum absolute atomic E-state index is 12.3. The Morgan fingerprint density at radius 2 is 2.12 bits per heavy atom. The van der Waals surface area contributed by atoms with Gasteiger partial charge in [-0.2, -0.15) is 0 Å². The molecule has 2 N–H and O–H groups in total. The first-order valence-corrected chi connectivity index (χ1v) is 8.65. The molecule has 1 aliphatic heterocycles. The molecular weight excluding hydrogens is 304 g/mol. The van der Waals surface area contributed by atoms with Crippen molar-refractivity contribution in [2.24, 2.45) is 11.8 Å². The van der Waals surface area contributed by atoms with Gasteiger partial charge in [-0.05, 0) is 50.2 Å². The van der Waals surface area contributed by atoms with E-state index in [2.05, 4.69) is 25.7 Å². The summed E-state index contributed by atoms with van der Waals surface area (Å²) in [4.78, 5) is 12.3. The first kappa shape index (κ1) is 18.7. The summed E-state index contributed by atoms with van der Waals surface area (Å²) < 4.78 is 5.40. The Hall–Kier alpha value is -1.65. The van der Waals surface area contributed by atoms with Gasteiger partial charge < -0.3 is 14.9 Å². The Kier molecular flexibility index (Phi) is 7.00. The molecule has 132 valence electrons. The summed E-state index contributed by atoms with van der Waals surface area (Å²) in [6.45, 7) is 6.35. The van der Waals surface area contributed by atoms with Gasteiger partial charge in [0.1, 0.15) is 6.61 Å². The van der Waals surface area contributed by atoms with Crippen LogP contribution in [0.25, 0.3) is 0 Å². The highest BCUT2D eigenvalue weighted by molar-refractivity contribution is 5.78. The van der Waals surface area contributed by atoms with Crippen molar-refractivity contribution < 1.29 is 19.7 Å². The van der Waals surface area contributed by atoms with E-state index in [-0.39, 0.29) is 31.0 Å². The first-order chi connectivity index (χ1) is 11.6. The van der Waals surface area contributed by atoms with Crippen LogP contribution in [0.4, 0.5) is 0 Å². The summed E-state index contributed by atoms with van der Waals surface area (Å²) in [5.74, 6) is -0.257. The molecule has 0 unspecified atom stereocenters. The molecule has 0 saturated carbocycles. The van der Waals surface area contributed by atoms with E-state index in [1.165, 1.54) is 5.57 Å². The molecule has 0 aromatic carbocycles. The lowest BCUT2D eigenvalue weighted by Crippen LogP contribution is -2.35. The number of allylic oxidation sites excluding steroid dienone is 4. The second-order valence-electron chi connectivity index (χ2n) is 6.67. The molecule has 1 aliphatic carbocycles. The molecule has 0 amide bonds. The summed E-state index contributed by atoms with van der Waals surface area (Å²) >= 11 is 0. The fourth-order valence-electron chi connectivity index (χ4n) is 3.44. The van der Waals surface area contributed by atoms with Crippen LogP contribution in [0.2, 0.25) is 0 Å². The number of ether oxygens (including phenoxy) is 1. The average molecular weight is 332 g/mol. The van der Waals surface area contributed by atoms with Crippen LogP contribution in [-0.4, -0.2) is 36.0 Å². The van der Waals surface area contributed by atoms with E-state index in [0.717, 1.165) is 36.8 Å². The molecule has 1 fully saturated rings. The van der Waals surface area contributed by atoms with Gasteiger partial charge in [0.25, 0.3) is 0 Å². The molecule has 4 heteroatoms. The summed E-state index contributed by atoms with van der Waals surface area (Å²) in [6.07, 6.45) is 10.4. The third kappa shape index (κ3) is 4.68. The van der Waals surface area contributed by atoms with Crippen molar-refractivity contribution in [2.75, 3.05) is 19.8 Å². The zero-order valence-electron chi connectivity index (χ0n) is 14.5. The Labute approximate surface area is 144 Å². The minimum Gasteiger partial charge on any atom is -0.461 e. The standard InChI is InChI=1S/C20H28O4/c1-14-5-3-6-15(2)19-18(10-9-14)17(13-24-20(19)23)8-4-7-16(11-21)12-22/h5,7-8,18-19,21-22H,2-4,6,9-13H2,1H3/b14-5+,17-8-/t18-,19+/m1/s1. The maximum atomic E-state index is 12.3. The molecule has 1 heterocycles. The zero-order chi connectivity index (χ0) is 17.5. The van der Waals surface area contributed by atoms with Crippen LogP contribution >= 0.6 is 0 Å². The van der Waals surface area contributed by atoms with Crippen molar-refractivity contribution in [3.05, 3.63) is 47.1 Å². The van der Waals surface area contributed by atoms with Crippen molar-refractivity contribution in [1.29, 1.82) is 0 Å². The van der Waals surface area contributed by atoms with Crippen LogP contribution in [0.5, 0.6) is 0 Å². The van der Waals surface area contributed by atoms with Crippen LogP contribution in [0.3, 0.4) is 0 Å². The van der Waals surface area contributed by atoms with Crippen LogP contribution in [-0.2, 0) is 9.53 Å². The van der Waals surface area contributed by atoms with Gasteiger partial charge in [0, 0.05) is 5.92 Å². The molecule has 0 aromatic heterocycles. The number of fused-ring (bicyclic) bond motifs is 1. The second-order valence-corrected chi connectivity index (χ2v) is 6.67. The lowest BCUT2D eigenvalue weighted by molar-refractivity contribution is -0.151. The number of rotatable bonds is 4. The highest BCUT2D eigenvalue weighted by atomic mass is 16.5. The van der Waals surface area contributed by atoms with Crippen molar-refractivity contribution in [1.82, 2.24) is 0 Å². The van der Waals surface area contributed by atoms with Crippen molar-refractivity contribution in [3.8, 4) is 0 Å². The first-order valence-electron chi connectivity index (χ1n) is 8.65. The van der Waals surface area contributed by atoms with E-state index >= 15 is 0 Å². The van der Waals surface area contributed by atoms with Gasteiger partial charge in [0.15, 0.2) is 0 Å². The molecule has 2 atom stereocenters. The Bertz CT molecular complexity index is 562. The third-order valence-electron chi connectivity index (χ3n) is 4.95. The molecule has 4 nitrogen and oxygen atoms in total. The number of carbonyl (C=O) groups is 1. The van der Waals surface area contributed by atoms with E-state index in [0.29, 0.717) is 18.6 Å². The van der Waals surface area contributed by atoms with Gasteiger partial charge in [-0.15, -0.1) is 0 Å². The van der Waals surface area contributed by atoms with E-state index in [1.807, 2.05) is 6.08 Å². The van der Waals surface area contributed by atoms with Gasteiger partial charge in [-0.25, -0.2) is 0 Å². The smallest absolute Gasteiger partial charge is 0.313 e.